The molecule has 1 heterocycles. The Bertz CT molecular complexity index is 962. The van der Waals surface area contributed by atoms with Crippen LogP contribution in [0.2, 0.25) is 0 Å². The molecule has 1 saturated heterocycles. The molecule has 1 aliphatic heterocycles. The maximum absolute atomic E-state index is 13.4. The third kappa shape index (κ3) is 7.67. The normalized spacial score (nSPS) is 16.0. The minimum absolute atomic E-state index is 0.293. The SMILES string of the molecule is OC(CCCN1CCN(CCOC(c2ccc(F)cc2)c2ccc(F)cc2)CC1)c1ccccc1. The molecular formula is C29H34F2N2O2. The maximum atomic E-state index is 13.4. The van der Waals surface area contributed by atoms with Crippen LogP contribution < -0.4 is 0 Å². The third-order valence-electron chi connectivity index (χ3n) is 6.64. The summed E-state index contributed by atoms with van der Waals surface area (Å²) in [5.74, 6) is -0.585. The second-order valence-corrected chi connectivity index (χ2v) is 9.11. The number of rotatable bonds is 11. The van der Waals surface area contributed by atoms with Crippen molar-refractivity contribution in [3.8, 4) is 0 Å². The first kappa shape index (κ1) is 25.5. The van der Waals surface area contributed by atoms with Crippen LogP contribution in [0, 0.1) is 11.6 Å². The zero-order chi connectivity index (χ0) is 24.5. The van der Waals surface area contributed by atoms with E-state index in [9.17, 15) is 13.9 Å². The van der Waals surface area contributed by atoms with Gasteiger partial charge in [-0.15, -0.1) is 0 Å². The van der Waals surface area contributed by atoms with Crippen molar-refractivity contribution >= 4 is 0 Å². The molecule has 35 heavy (non-hydrogen) atoms. The number of halogens is 2. The smallest absolute Gasteiger partial charge is 0.123 e. The highest BCUT2D eigenvalue weighted by atomic mass is 19.1. The molecular weight excluding hydrogens is 446 g/mol. The van der Waals surface area contributed by atoms with Crippen molar-refractivity contribution in [2.45, 2.75) is 25.0 Å². The molecule has 0 aromatic heterocycles. The topological polar surface area (TPSA) is 35.9 Å². The molecule has 1 N–H and O–H groups in total. The average molecular weight is 481 g/mol. The first-order valence-corrected chi connectivity index (χ1v) is 12.4. The van der Waals surface area contributed by atoms with Gasteiger partial charge in [0.2, 0.25) is 0 Å². The van der Waals surface area contributed by atoms with Crippen LogP contribution in [0.25, 0.3) is 0 Å². The number of hydrogen-bond acceptors (Lipinski definition) is 4. The van der Waals surface area contributed by atoms with Crippen LogP contribution in [-0.2, 0) is 4.74 Å². The van der Waals surface area contributed by atoms with E-state index in [2.05, 4.69) is 9.80 Å². The van der Waals surface area contributed by atoms with E-state index in [1.807, 2.05) is 30.3 Å². The highest BCUT2D eigenvalue weighted by Gasteiger charge is 2.19. The Kier molecular flexibility index (Phi) is 9.37. The average Bonchev–Trinajstić information content (AvgIpc) is 2.89. The van der Waals surface area contributed by atoms with Gasteiger partial charge in [0.15, 0.2) is 0 Å². The molecule has 0 amide bonds. The van der Waals surface area contributed by atoms with Gasteiger partial charge in [-0.2, -0.15) is 0 Å². The van der Waals surface area contributed by atoms with E-state index >= 15 is 0 Å². The zero-order valence-corrected chi connectivity index (χ0v) is 20.0. The Morgan fingerprint density at radius 3 is 1.74 bits per heavy atom. The second kappa shape index (κ2) is 12.9. The van der Waals surface area contributed by atoms with Gasteiger partial charge in [0, 0.05) is 32.7 Å². The number of aliphatic hydroxyl groups excluding tert-OH is 1. The quantitative estimate of drug-likeness (QED) is 0.409. The van der Waals surface area contributed by atoms with Crippen molar-refractivity contribution in [2.24, 2.45) is 0 Å². The number of benzene rings is 3. The van der Waals surface area contributed by atoms with E-state index in [4.69, 9.17) is 4.74 Å². The number of aliphatic hydroxyl groups is 1. The van der Waals surface area contributed by atoms with Crippen molar-refractivity contribution in [1.82, 2.24) is 9.80 Å². The second-order valence-electron chi connectivity index (χ2n) is 9.11. The Morgan fingerprint density at radius 2 is 1.20 bits per heavy atom. The summed E-state index contributed by atoms with van der Waals surface area (Å²) in [7, 11) is 0. The van der Waals surface area contributed by atoms with Crippen LogP contribution in [-0.4, -0.2) is 60.8 Å². The summed E-state index contributed by atoms with van der Waals surface area (Å²) in [5.41, 5.74) is 2.68. The van der Waals surface area contributed by atoms with Gasteiger partial charge in [0.05, 0.1) is 12.7 Å². The lowest BCUT2D eigenvalue weighted by Crippen LogP contribution is -2.47. The minimum Gasteiger partial charge on any atom is -0.388 e. The van der Waals surface area contributed by atoms with Crippen LogP contribution in [0.15, 0.2) is 78.9 Å². The maximum Gasteiger partial charge on any atom is 0.123 e. The first-order valence-electron chi connectivity index (χ1n) is 12.4. The summed E-state index contributed by atoms with van der Waals surface area (Å²) in [6, 6.07) is 22.4. The van der Waals surface area contributed by atoms with Crippen LogP contribution in [0.4, 0.5) is 8.78 Å². The molecule has 1 unspecified atom stereocenters. The Hall–Kier alpha value is -2.64. The summed E-state index contributed by atoms with van der Waals surface area (Å²) in [6.45, 7) is 6.28. The molecule has 1 aliphatic rings. The monoisotopic (exact) mass is 480 g/mol. The predicted molar refractivity (Wildman–Crippen MR) is 134 cm³/mol. The van der Waals surface area contributed by atoms with E-state index in [0.717, 1.165) is 68.8 Å². The van der Waals surface area contributed by atoms with Gasteiger partial charge in [-0.1, -0.05) is 54.6 Å². The summed E-state index contributed by atoms with van der Waals surface area (Å²) in [5, 5.41) is 10.3. The molecule has 0 aliphatic carbocycles. The molecule has 0 saturated carbocycles. The predicted octanol–water partition coefficient (Wildman–Crippen LogP) is 5.20. The molecule has 3 aromatic rings. The molecule has 0 spiro atoms. The molecule has 4 nitrogen and oxygen atoms in total. The summed E-state index contributed by atoms with van der Waals surface area (Å²) >= 11 is 0. The third-order valence-corrected chi connectivity index (χ3v) is 6.64. The minimum atomic E-state index is -0.398. The Balaban J connectivity index is 1.20. The first-order chi connectivity index (χ1) is 17.1. The van der Waals surface area contributed by atoms with E-state index in [1.165, 1.54) is 24.3 Å². The molecule has 0 radical (unpaired) electrons. The van der Waals surface area contributed by atoms with Crippen LogP contribution in [0.3, 0.4) is 0 Å². The summed E-state index contributed by atoms with van der Waals surface area (Å²) < 4.78 is 33.1. The number of piperazine rings is 1. The van der Waals surface area contributed by atoms with Crippen molar-refractivity contribution in [3.63, 3.8) is 0 Å². The van der Waals surface area contributed by atoms with Crippen LogP contribution in [0.5, 0.6) is 0 Å². The van der Waals surface area contributed by atoms with Crippen molar-refractivity contribution in [2.75, 3.05) is 45.9 Å². The van der Waals surface area contributed by atoms with Crippen molar-refractivity contribution in [1.29, 1.82) is 0 Å². The molecule has 1 fully saturated rings. The molecule has 3 aromatic carbocycles. The fourth-order valence-electron chi connectivity index (χ4n) is 4.55. The Labute approximate surface area is 206 Å². The van der Waals surface area contributed by atoms with E-state index in [1.54, 1.807) is 24.3 Å². The fourth-order valence-corrected chi connectivity index (χ4v) is 4.55. The van der Waals surface area contributed by atoms with E-state index in [0.29, 0.717) is 6.61 Å². The van der Waals surface area contributed by atoms with Gasteiger partial charge >= 0.3 is 0 Å². The van der Waals surface area contributed by atoms with Gasteiger partial charge in [-0.3, -0.25) is 4.90 Å². The lowest BCUT2D eigenvalue weighted by Gasteiger charge is -2.35. The van der Waals surface area contributed by atoms with E-state index in [-0.39, 0.29) is 17.7 Å². The van der Waals surface area contributed by atoms with Gasteiger partial charge in [0.25, 0.3) is 0 Å². The molecule has 0 bridgehead atoms. The molecule has 4 rings (SSSR count). The largest absolute Gasteiger partial charge is 0.388 e. The molecule has 1 atom stereocenters. The van der Waals surface area contributed by atoms with Gasteiger partial charge in [0.1, 0.15) is 17.7 Å². The van der Waals surface area contributed by atoms with Gasteiger partial charge in [-0.05, 0) is 60.3 Å². The highest BCUT2D eigenvalue weighted by Crippen LogP contribution is 2.26. The number of ether oxygens (including phenoxy) is 1. The molecule has 186 valence electrons. The summed E-state index contributed by atoms with van der Waals surface area (Å²) in [6.07, 6.45) is 0.973. The van der Waals surface area contributed by atoms with Crippen LogP contribution in [0.1, 0.15) is 41.7 Å². The zero-order valence-electron chi connectivity index (χ0n) is 20.0. The standard InChI is InChI=1S/C29H34F2N2O2/c30-26-12-8-24(9-13-26)29(25-10-14-27(31)15-11-25)35-22-21-33-19-17-32(18-20-33)16-4-7-28(34)23-5-2-1-3-6-23/h1-3,5-6,8-15,28-29,34H,4,7,16-22H2. The number of nitrogens with zero attached hydrogens (tertiary/aromatic N) is 2. The Morgan fingerprint density at radius 1 is 0.686 bits per heavy atom. The summed E-state index contributed by atoms with van der Waals surface area (Å²) in [4.78, 5) is 4.84. The number of hydrogen-bond donors (Lipinski definition) is 1. The van der Waals surface area contributed by atoms with Crippen LogP contribution >= 0.6 is 0 Å². The lowest BCUT2D eigenvalue weighted by atomic mass is 10.0. The van der Waals surface area contributed by atoms with Gasteiger partial charge < -0.3 is 14.7 Å². The highest BCUT2D eigenvalue weighted by molar-refractivity contribution is 5.30. The lowest BCUT2D eigenvalue weighted by molar-refractivity contribution is 0.0443. The fraction of sp³-hybridized carbons (Fsp3) is 0.379. The van der Waals surface area contributed by atoms with Crippen molar-refractivity contribution < 1.29 is 18.6 Å². The molecule has 6 heteroatoms. The van der Waals surface area contributed by atoms with Crippen molar-refractivity contribution in [3.05, 3.63) is 107 Å². The van der Waals surface area contributed by atoms with Gasteiger partial charge in [-0.25, -0.2) is 8.78 Å². The van der Waals surface area contributed by atoms with E-state index < -0.39 is 6.10 Å².